The summed E-state index contributed by atoms with van der Waals surface area (Å²) in [7, 11) is 1.62. The number of ether oxygens (including phenoxy) is 1. The number of rotatable bonds is 7. The van der Waals surface area contributed by atoms with Gasteiger partial charge in [0.2, 0.25) is 0 Å². The largest absolute Gasteiger partial charge is 0.385 e. The van der Waals surface area contributed by atoms with Crippen LogP contribution in [0.25, 0.3) is 0 Å². The van der Waals surface area contributed by atoms with Gasteiger partial charge in [-0.05, 0) is 24.1 Å². The summed E-state index contributed by atoms with van der Waals surface area (Å²) in [5.74, 6) is 0.300. The molecule has 1 aromatic heterocycles. The molecule has 1 heterocycles. The van der Waals surface area contributed by atoms with Gasteiger partial charge in [0.05, 0.1) is 0 Å². The predicted octanol–water partition coefficient (Wildman–Crippen LogP) is 2.04. The minimum atomic E-state index is -0.261. The van der Waals surface area contributed by atoms with Gasteiger partial charge in [-0.25, -0.2) is 14.3 Å². The van der Waals surface area contributed by atoms with Gasteiger partial charge in [0.1, 0.15) is 5.82 Å². The second-order valence-corrected chi connectivity index (χ2v) is 5.17. The Hall–Kier alpha value is -1.60. The van der Waals surface area contributed by atoms with Crippen molar-refractivity contribution in [3.05, 3.63) is 46.1 Å². The lowest BCUT2D eigenvalue weighted by Gasteiger charge is -2.05. The average molecular weight is 297 g/mol. The summed E-state index contributed by atoms with van der Waals surface area (Å²) in [6, 6.07) is 6.40. The molecule has 0 aliphatic rings. The number of nitrogens with one attached hydrogen (secondary N) is 1. The van der Waals surface area contributed by atoms with Crippen LogP contribution >= 0.6 is 11.8 Å². The van der Waals surface area contributed by atoms with Crippen LogP contribution in [0.15, 0.2) is 34.2 Å². The van der Waals surface area contributed by atoms with Gasteiger partial charge in [0.15, 0.2) is 5.16 Å². The molecule has 0 spiro atoms. The van der Waals surface area contributed by atoms with Crippen molar-refractivity contribution < 1.29 is 9.13 Å². The van der Waals surface area contributed by atoms with Crippen molar-refractivity contribution in [1.29, 1.82) is 0 Å². The summed E-state index contributed by atoms with van der Waals surface area (Å²) in [5.41, 5.74) is 0.622. The van der Waals surface area contributed by atoms with Crippen LogP contribution in [0.4, 0.5) is 4.39 Å². The van der Waals surface area contributed by atoms with Crippen LogP contribution in [0.5, 0.6) is 0 Å². The van der Waals surface area contributed by atoms with Gasteiger partial charge < -0.3 is 4.74 Å². The summed E-state index contributed by atoms with van der Waals surface area (Å²) in [6.07, 6.45) is 0.740. The van der Waals surface area contributed by atoms with E-state index in [9.17, 15) is 9.18 Å². The summed E-state index contributed by atoms with van der Waals surface area (Å²) in [6.45, 7) is 1.14. The van der Waals surface area contributed by atoms with E-state index >= 15 is 0 Å². The molecule has 0 saturated heterocycles. The molecule has 7 heteroatoms. The molecular formula is C13H16FN3O2S. The number of benzene rings is 1. The number of aromatic amines is 1. The lowest BCUT2D eigenvalue weighted by Crippen LogP contribution is -2.18. The standard InChI is InChI=1S/C13H16FN3O2S/c1-19-7-3-6-17-12(18)15-16-13(17)20-9-10-4-2-5-11(14)8-10/h2,4-5,8H,3,6-7,9H2,1H3,(H,15,18). The molecule has 2 rings (SSSR count). The Balaban J connectivity index is 2.00. The molecule has 0 bridgehead atoms. The maximum Gasteiger partial charge on any atom is 0.343 e. The van der Waals surface area contributed by atoms with Crippen molar-refractivity contribution in [2.75, 3.05) is 13.7 Å². The van der Waals surface area contributed by atoms with Crippen molar-refractivity contribution >= 4 is 11.8 Å². The molecule has 0 fully saturated rings. The first-order valence-electron chi connectivity index (χ1n) is 6.22. The molecule has 0 aliphatic heterocycles. The van der Waals surface area contributed by atoms with Gasteiger partial charge in [0, 0.05) is 26.0 Å². The molecule has 1 aromatic carbocycles. The normalized spacial score (nSPS) is 10.9. The fourth-order valence-electron chi connectivity index (χ4n) is 1.75. The highest BCUT2D eigenvalue weighted by atomic mass is 32.2. The third kappa shape index (κ3) is 3.94. The molecule has 0 unspecified atom stereocenters. The fraction of sp³-hybridized carbons (Fsp3) is 0.385. The molecule has 20 heavy (non-hydrogen) atoms. The Morgan fingerprint density at radius 1 is 1.50 bits per heavy atom. The third-order valence-electron chi connectivity index (χ3n) is 2.71. The summed E-state index contributed by atoms with van der Waals surface area (Å²) in [4.78, 5) is 11.6. The molecule has 1 N–H and O–H groups in total. The van der Waals surface area contributed by atoms with E-state index in [-0.39, 0.29) is 11.5 Å². The summed E-state index contributed by atoms with van der Waals surface area (Å²) >= 11 is 1.40. The van der Waals surface area contributed by atoms with Crippen LogP contribution in [0.2, 0.25) is 0 Å². The molecule has 0 saturated carbocycles. The van der Waals surface area contributed by atoms with Crippen LogP contribution in [0.3, 0.4) is 0 Å². The van der Waals surface area contributed by atoms with Gasteiger partial charge in [0.25, 0.3) is 0 Å². The zero-order valence-corrected chi connectivity index (χ0v) is 12.0. The number of hydrogen-bond acceptors (Lipinski definition) is 4. The van der Waals surface area contributed by atoms with E-state index in [1.54, 1.807) is 17.7 Å². The highest BCUT2D eigenvalue weighted by Crippen LogP contribution is 2.20. The smallest absolute Gasteiger partial charge is 0.343 e. The van der Waals surface area contributed by atoms with E-state index < -0.39 is 0 Å². The van der Waals surface area contributed by atoms with Gasteiger partial charge in [-0.15, -0.1) is 5.10 Å². The molecule has 0 atom stereocenters. The molecule has 5 nitrogen and oxygen atoms in total. The number of nitrogens with zero attached hydrogens (tertiary/aromatic N) is 2. The highest BCUT2D eigenvalue weighted by Gasteiger charge is 2.09. The first-order valence-corrected chi connectivity index (χ1v) is 7.20. The van der Waals surface area contributed by atoms with E-state index in [1.807, 2.05) is 6.07 Å². The zero-order chi connectivity index (χ0) is 14.4. The lowest BCUT2D eigenvalue weighted by atomic mass is 10.2. The van der Waals surface area contributed by atoms with Crippen molar-refractivity contribution in [3.63, 3.8) is 0 Å². The number of methoxy groups -OCH3 is 1. The predicted molar refractivity (Wildman–Crippen MR) is 75.3 cm³/mol. The SMILES string of the molecule is COCCCn1c(SCc2cccc(F)c2)n[nH]c1=O. The van der Waals surface area contributed by atoms with Crippen LogP contribution in [-0.2, 0) is 17.0 Å². The second kappa shape index (κ2) is 7.25. The van der Waals surface area contributed by atoms with Crippen molar-refractivity contribution in [1.82, 2.24) is 14.8 Å². The minimum Gasteiger partial charge on any atom is -0.385 e. The Morgan fingerprint density at radius 2 is 2.35 bits per heavy atom. The lowest BCUT2D eigenvalue weighted by molar-refractivity contribution is 0.189. The molecule has 0 radical (unpaired) electrons. The van der Waals surface area contributed by atoms with Crippen molar-refractivity contribution in [2.24, 2.45) is 0 Å². The van der Waals surface area contributed by atoms with E-state index in [4.69, 9.17) is 4.74 Å². The highest BCUT2D eigenvalue weighted by molar-refractivity contribution is 7.98. The van der Waals surface area contributed by atoms with Crippen LogP contribution in [0.1, 0.15) is 12.0 Å². The van der Waals surface area contributed by atoms with E-state index in [2.05, 4.69) is 10.2 Å². The zero-order valence-electron chi connectivity index (χ0n) is 11.1. The topological polar surface area (TPSA) is 59.9 Å². The first kappa shape index (κ1) is 14.8. The van der Waals surface area contributed by atoms with Gasteiger partial charge in [-0.1, -0.05) is 23.9 Å². The van der Waals surface area contributed by atoms with Crippen LogP contribution in [-0.4, -0.2) is 28.5 Å². The average Bonchev–Trinajstić information content (AvgIpc) is 2.78. The van der Waals surface area contributed by atoms with Crippen LogP contribution in [0, 0.1) is 5.82 Å². The summed E-state index contributed by atoms with van der Waals surface area (Å²) < 4.78 is 19.6. The number of halogens is 1. The molecule has 2 aromatic rings. The molecule has 0 aliphatic carbocycles. The van der Waals surface area contributed by atoms with Crippen molar-refractivity contribution in [2.45, 2.75) is 23.9 Å². The Bertz CT molecular complexity index is 612. The number of H-pyrrole nitrogens is 1. The molecular weight excluding hydrogens is 281 g/mol. The molecule has 0 amide bonds. The number of thioether (sulfide) groups is 1. The maximum atomic E-state index is 13.1. The Kier molecular flexibility index (Phi) is 5.37. The summed E-state index contributed by atoms with van der Waals surface area (Å²) in [5, 5.41) is 7.03. The third-order valence-corrected chi connectivity index (χ3v) is 3.76. The quantitative estimate of drug-likeness (QED) is 0.627. The first-order chi connectivity index (χ1) is 9.70. The second-order valence-electron chi connectivity index (χ2n) is 4.23. The van der Waals surface area contributed by atoms with E-state index in [0.717, 1.165) is 12.0 Å². The van der Waals surface area contributed by atoms with Crippen LogP contribution < -0.4 is 5.69 Å². The number of hydrogen-bond donors (Lipinski definition) is 1. The van der Waals surface area contributed by atoms with E-state index in [0.29, 0.717) is 24.1 Å². The maximum absolute atomic E-state index is 13.1. The monoisotopic (exact) mass is 297 g/mol. The van der Waals surface area contributed by atoms with Gasteiger partial charge in [-0.2, -0.15) is 0 Å². The van der Waals surface area contributed by atoms with Crippen molar-refractivity contribution in [3.8, 4) is 0 Å². The number of aromatic nitrogens is 3. The van der Waals surface area contributed by atoms with Gasteiger partial charge in [-0.3, -0.25) is 4.57 Å². The fourth-order valence-corrected chi connectivity index (χ4v) is 2.67. The molecule has 108 valence electrons. The Labute approximate surface area is 120 Å². The minimum absolute atomic E-state index is 0.233. The Morgan fingerprint density at radius 3 is 3.10 bits per heavy atom. The van der Waals surface area contributed by atoms with Gasteiger partial charge >= 0.3 is 5.69 Å². The van der Waals surface area contributed by atoms with E-state index in [1.165, 1.54) is 23.9 Å².